The molecule has 0 spiro atoms. The van der Waals surface area contributed by atoms with Crippen molar-refractivity contribution in [1.82, 2.24) is 9.97 Å². The zero-order chi connectivity index (χ0) is 21.2. The number of benzene rings is 1. The SMILES string of the molecule is C#Cc1ccc(C(=O)Nc2ccc(C(=N)N)nc2)cc1.N=C(N)c1ccccn1. The minimum atomic E-state index is -0.258. The quantitative estimate of drug-likeness (QED) is 0.264. The third-order valence-electron chi connectivity index (χ3n) is 3.55. The van der Waals surface area contributed by atoms with Crippen LogP contribution in [0.5, 0.6) is 0 Å². The maximum Gasteiger partial charge on any atom is 0.255 e. The largest absolute Gasteiger partial charge is 0.382 e. The molecule has 8 heteroatoms. The van der Waals surface area contributed by atoms with Crippen molar-refractivity contribution in [3.05, 3.63) is 89.5 Å². The van der Waals surface area contributed by atoms with Crippen molar-refractivity contribution < 1.29 is 4.79 Å². The second-order valence-corrected chi connectivity index (χ2v) is 5.65. The minimum Gasteiger partial charge on any atom is -0.382 e. The summed E-state index contributed by atoms with van der Waals surface area (Å²) in [4.78, 5) is 19.8. The number of nitrogens with one attached hydrogen (secondary N) is 3. The van der Waals surface area contributed by atoms with E-state index in [1.54, 1.807) is 60.8 Å². The fourth-order valence-corrected chi connectivity index (χ4v) is 2.07. The molecule has 7 N–H and O–H groups in total. The van der Waals surface area contributed by atoms with Gasteiger partial charge in [0.25, 0.3) is 5.91 Å². The Hall–Kier alpha value is -4.51. The van der Waals surface area contributed by atoms with E-state index >= 15 is 0 Å². The summed E-state index contributed by atoms with van der Waals surface area (Å²) >= 11 is 0. The molecule has 0 fully saturated rings. The highest BCUT2D eigenvalue weighted by Gasteiger charge is 2.06. The Morgan fingerprint density at radius 1 is 0.931 bits per heavy atom. The van der Waals surface area contributed by atoms with E-state index in [0.29, 0.717) is 28.2 Å². The number of carbonyl (C=O) groups excluding carboxylic acids is 1. The zero-order valence-electron chi connectivity index (χ0n) is 15.4. The molecule has 3 rings (SSSR count). The normalized spacial score (nSPS) is 9.34. The summed E-state index contributed by atoms with van der Waals surface area (Å²) in [5.74, 6) is 2.12. The fourth-order valence-electron chi connectivity index (χ4n) is 2.07. The number of anilines is 1. The minimum absolute atomic E-state index is 0.00981. The molecular formula is C21H19N7O. The van der Waals surface area contributed by atoms with Gasteiger partial charge in [0.15, 0.2) is 0 Å². The van der Waals surface area contributed by atoms with Crippen molar-refractivity contribution in [3.63, 3.8) is 0 Å². The van der Waals surface area contributed by atoms with Crippen LogP contribution in [0.4, 0.5) is 5.69 Å². The predicted octanol–water partition coefficient (Wildman–Crippen LogP) is 1.96. The average molecular weight is 385 g/mol. The third kappa shape index (κ3) is 6.30. The van der Waals surface area contributed by atoms with E-state index in [0.717, 1.165) is 0 Å². The number of amidine groups is 2. The molecule has 3 aromatic rings. The van der Waals surface area contributed by atoms with Gasteiger partial charge in [-0.15, -0.1) is 6.42 Å². The number of terminal acetylenes is 1. The van der Waals surface area contributed by atoms with E-state index < -0.39 is 0 Å². The van der Waals surface area contributed by atoms with Gasteiger partial charge in [-0.2, -0.15) is 0 Å². The molecule has 0 unspecified atom stereocenters. The second kappa shape index (κ2) is 9.99. The van der Waals surface area contributed by atoms with E-state index in [-0.39, 0.29) is 17.6 Å². The molecule has 0 radical (unpaired) electrons. The van der Waals surface area contributed by atoms with Crippen LogP contribution in [0.25, 0.3) is 0 Å². The molecule has 2 heterocycles. The average Bonchev–Trinajstić information content (AvgIpc) is 2.75. The van der Waals surface area contributed by atoms with Crippen LogP contribution in [0, 0.1) is 23.2 Å². The highest BCUT2D eigenvalue weighted by atomic mass is 16.1. The van der Waals surface area contributed by atoms with Crippen molar-refractivity contribution in [1.29, 1.82) is 10.8 Å². The highest BCUT2D eigenvalue weighted by Crippen LogP contribution is 2.10. The summed E-state index contributed by atoms with van der Waals surface area (Å²) in [6.07, 6.45) is 8.31. The number of hydrogen-bond acceptors (Lipinski definition) is 5. The van der Waals surface area contributed by atoms with Crippen LogP contribution >= 0.6 is 0 Å². The van der Waals surface area contributed by atoms with Crippen LogP contribution in [-0.2, 0) is 0 Å². The molecule has 0 bridgehead atoms. The van der Waals surface area contributed by atoms with Gasteiger partial charge < -0.3 is 16.8 Å². The summed E-state index contributed by atoms with van der Waals surface area (Å²) in [6.45, 7) is 0. The first-order valence-corrected chi connectivity index (χ1v) is 8.34. The number of hydrogen-bond donors (Lipinski definition) is 5. The maximum atomic E-state index is 12.0. The molecule has 0 saturated carbocycles. The molecule has 0 aliphatic rings. The van der Waals surface area contributed by atoms with Crippen molar-refractivity contribution in [2.75, 3.05) is 5.32 Å². The number of amides is 1. The van der Waals surface area contributed by atoms with Crippen LogP contribution in [-0.4, -0.2) is 27.5 Å². The number of carbonyl (C=O) groups is 1. The summed E-state index contributed by atoms with van der Waals surface area (Å²) < 4.78 is 0. The monoisotopic (exact) mass is 385 g/mol. The summed E-state index contributed by atoms with van der Waals surface area (Å²) in [5.41, 5.74) is 13.1. The van der Waals surface area contributed by atoms with E-state index in [1.165, 1.54) is 6.20 Å². The molecule has 0 saturated heterocycles. The van der Waals surface area contributed by atoms with Crippen LogP contribution < -0.4 is 16.8 Å². The first-order chi connectivity index (χ1) is 13.9. The standard InChI is InChI=1S/C15H12N4O.C6H7N3/c1-2-10-3-5-11(6-4-10)15(20)19-12-7-8-13(14(16)17)18-9-12;7-6(8)5-3-1-2-4-9-5/h1,3-9H,(H3,16,17)(H,19,20);1-4H,(H3,7,8). The number of nitrogen functional groups attached to an aromatic ring is 2. The summed E-state index contributed by atoms with van der Waals surface area (Å²) in [5, 5.41) is 16.9. The smallest absolute Gasteiger partial charge is 0.255 e. The van der Waals surface area contributed by atoms with Gasteiger partial charge in [0.05, 0.1) is 11.9 Å². The molecule has 1 amide bonds. The molecule has 0 atom stereocenters. The van der Waals surface area contributed by atoms with Crippen molar-refractivity contribution in [2.24, 2.45) is 11.5 Å². The first-order valence-electron chi connectivity index (χ1n) is 8.34. The van der Waals surface area contributed by atoms with Gasteiger partial charge in [-0.3, -0.25) is 25.6 Å². The number of nitrogens with two attached hydrogens (primary N) is 2. The topological polar surface area (TPSA) is 155 Å². The zero-order valence-corrected chi connectivity index (χ0v) is 15.4. The Bertz CT molecular complexity index is 1040. The Morgan fingerprint density at radius 3 is 2.03 bits per heavy atom. The Kier molecular flexibility index (Phi) is 7.16. The fraction of sp³-hybridized carbons (Fsp3) is 0. The van der Waals surface area contributed by atoms with Crippen LogP contribution in [0.3, 0.4) is 0 Å². The van der Waals surface area contributed by atoms with Crippen LogP contribution in [0.1, 0.15) is 27.3 Å². The number of rotatable bonds is 4. The van der Waals surface area contributed by atoms with Crippen LogP contribution in [0.15, 0.2) is 67.0 Å². The highest BCUT2D eigenvalue weighted by molar-refractivity contribution is 6.04. The second-order valence-electron chi connectivity index (χ2n) is 5.65. The van der Waals surface area contributed by atoms with Gasteiger partial charge in [0.1, 0.15) is 23.1 Å². The van der Waals surface area contributed by atoms with Gasteiger partial charge >= 0.3 is 0 Å². The molecule has 8 nitrogen and oxygen atoms in total. The Balaban J connectivity index is 0.000000278. The molecule has 0 aliphatic carbocycles. The van der Waals surface area contributed by atoms with Crippen molar-refractivity contribution >= 4 is 23.3 Å². The lowest BCUT2D eigenvalue weighted by atomic mass is 10.1. The summed E-state index contributed by atoms with van der Waals surface area (Å²) in [6, 6.07) is 15.2. The number of aromatic nitrogens is 2. The Labute approximate surface area is 168 Å². The molecule has 2 aromatic heterocycles. The van der Waals surface area contributed by atoms with Gasteiger partial charge in [-0.05, 0) is 48.5 Å². The van der Waals surface area contributed by atoms with E-state index in [1.807, 2.05) is 0 Å². The number of nitrogens with zero attached hydrogens (tertiary/aromatic N) is 2. The molecule has 29 heavy (non-hydrogen) atoms. The van der Waals surface area contributed by atoms with Gasteiger partial charge in [-0.25, -0.2) is 0 Å². The lowest BCUT2D eigenvalue weighted by molar-refractivity contribution is 0.102. The lowest BCUT2D eigenvalue weighted by Gasteiger charge is -2.05. The maximum absolute atomic E-state index is 12.0. The van der Waals surface area contributed by atoms with Crippen LogP contribution in [0.2, 0.25) is 0 Å². The molecule has 1 aromatic carbocycles. The number of pyridine rings is 2. The molecule has 0 aliphatic heterocycles. The van der Waals surface area contributed by atoms with Gasteiger partial charge in [0.2, 0.25) is 0 Å². The third-order valence-corrected chi connectivity index (χ3v) is 3.55. The van der Waals surface area contributed by atoms with Crippen molar-refractivity contribution in [2.45, 2.75) is 0 Å². The lowest BCUT2D eigenvalue weighted by Crippen LogP contribution is -2.15. The first kappa shape index (κ1) is 20.8. The van der Waals surface area contributed by atoms with E-state index in [4.69, 9.17) is 28.7 Å². The van der Waals surface area contributed by atoms with Gasteiger partial charge in [-0.1, -0.05) is 12.0 Å². The Morgan fingerprint density at radius 2 is 1.59 bits per heavy atom. The van der Waals surface area contributed by atoms with Gasteiger partial charge in [0, 0.05) is 17.3 Å². The molecular weight excluding hydrogens is 366 g/mol. The summed E-state index contributed by atoms with van der Waals surface area (Å²) in [7, 11) is 0. The van der Waals surface area contributed by atoms with E-state index in [2.05, 4.69) is 21.2 Å². The van der Waals surface area contributed by atoms with Crippen molar-refractivity contribution in [3.8, 4) is 12.3 Å². The predicted molar refractivity (Wildman–Crippen MR) is 113 cm³/mol. The molecule has 144 valence electrons. The van der Waals surface area contributed by atoms with E-state index in [9.17, 15) is 4.79 Å².